The third-order valence-corrected chi connectivity index (χ3v) is 0.496. The van der Waals surface area contributed by atoms with Gasteiger partial charge in [-0.25, -0.2) is 0 Å². The second kappa shape index (κ2) is 3.17. The Hall–Kier alpha value is -0.0317. The largest absolute Gasteiger partial charge is 0.368 e. The first-order valence-corrected chi connectivity index (χ1v) is 1.58. The van der Waals surface area contributed by atoms with E-state index in [1.807, 2.05) is 24.5 Å². The Kier molecular flexibility index (Phi) is 3.15. The van der Waals surface area contributed by atoms with Gasteiger partial charge in [-0.3, -0.25) is 0 Å². The van der Waals surface area contributed by atoms with Gasteiger partial charge >= 0.3 is 0 Å². The molecule has 1 rings (SSSR count). The molecule has 1 heterocycles. The molecular weight excluding hydrogens is 158 g/mol. The van der Waals surface area contributed by atoms with Crippen LogP contribution in [0.3, 0.4) is 0 Å². The Morgan fingerprint density at radius 3 is 1.67 bits per heavy atom. The minimum atomic E-state index is 0. The van der Waals surface area contributed by atoms with E-state index in [0.717, 1.165) is 0 Å². The standard InChI is InChI=1S/C4H5N.Mo/c1-2-4-5-3-1;/h1-5H;. The molecule has 0 unspecified atom stereocenters. The molecule has 0 saturated carbocycles. The van der Waals surface area contributed by atoms with E-state index in [0.29, 0.717) is 0 Å². The van der Waals surface area contributed by atoms with Gasteiger partial charge < -0.3 is 4.98 Å². The van der Waals surface area contributed by atoms with Gasteiger partial charge in [-0.05, 0) is 12.1 Å². The molecule has 0 atom stereocenters. The van der Waals surface area contributed by atoms with Gasteiger partial charge in [0.15, 0.2) is 0 Å². The number of aromatic amines is 1. The van der Waals surface area contributed by atoms with E-state index in [9.17, 15) is 0 Å². The van der Waals surface area contributed by atoms with Crippen LogP contribution in [0.25, 0.3) is 0 Å². The van der Waals surface area contributed by atoms with Crippen molar-refractivity contribution in [2.45, 2.75) is 0 Å². The van der Waals surface area contributed by atoms with Crippen molar-refractivity contribution in [1.82, 2.24) is 4.98 Å². The summed E-state index contributed by atoms with van der Waals surface area (Å²) < 4.78 is 0. The molecule has 0 aromatic carbocycles. The van der Waals surface area contributed by atoms with E-state index in [-0.39, 0.29) is 21.1 Å². The molecule has 0 spiro atoms. The summed E-state index contributed by atoms with van der Waals surface area (Å²) in [5, 5.41) is 0. The maximum Gasteiger partial charge on any atom is 0.000496 e. The number of H-pyrrole nitrogens is 1. The first kappa shape index (κ1) is 5.97. The van der Waals surface area contributed by atoms with Gasteiger partial charge in [0, 0.05) is 33.5 Å². The summed E-state index contributed by atoms with van der Waals surface area (Å²) in [6, 6.07) is 3.89. The van der Waals surface area contributed by atoms with Crippen LogP contribution >= 0.6 is 0 Å². The molecule has 1 aromatic heterocycles. The Labute approximate surface area is 51.0 Å². The quantitative estimate of drug-likeness (QED) is 0.549. The normalized spacial score (nSPS) is 6.67. The Balaban J connectivity index is 0.000000250. The minimum Gasteiger partial charge on any atom is -0.368 e. The second-order valence-corrected chi connectivity index (χ2v) is 0.885. The number of aromatic nitrogens is 1. The summed E-state index contributed by atoms with van der Waals surface area (Å²) in [7, 11) is 0. The molecule has 0 bridgehead atoms. The van der Waals surface area contributed by atoms with Crippen LogP contribution < -0.4 is 0 Å². The van der Waals surface area contributed by atoms with Crippen LogP contribution in [0.2, 0.25) is 0 Å². The van der Waals surface area contributed by atoms with Gasteiger partial charge in [0.1, 0.15) is 0 Å². The van der Waals surface area contributed by atoms with Crippen molar-refractivity contribution in [3.63, 3.8) is 0 Å². The van der Waals surface area contributed by atoms with Crippen molar-refractivity contribution in [2.24, 2.45) is 0 Å². The van der Waals surface area contributed by atoms with Crippen LogP contribution in [0, 0.1) is 0 Å². The topological polar surface area (TPSA) is 15.8 Å². The molecule has 0 saturated heterocycles. The van der Waals surface area contributed by atoms with E-state index >= 15 is 0 Å². The molecule has 1 nitrogen and oxygen atoms in total. The SMILES string of the molecule is [Mo].c1cc[nH]c1. The predicted molar refractivity (Wildman–Crippen MR) is 20.8 cm³/mol. The molecule has 0 aliphatic heterocycles. The molecule has 32 valence electrons. The first-order chi connectivity index (χ1) is 2.50. The van der Waals surface area contributed by atoms with Crippen LogP contribution in [-0.2, 0) is 21.1 Å². The Morgan fingerprint density at radius 1 is 1.00 bits per heavy atom. The zero-order valence-electron chi connectivity index (χ0n) is 3.22. The Bertz CT molecular complexity index is 64.0. The monoisotopic (exact) mass is 165 g/mol. The summed E-state index contributed by atoms with van der Waals surface area (Å²) in [5.74, 6) is 0. The maximum absolute atomic E-state index is 2.86. The predicted octanol–water partition coefficient (Wildman–Crippen LogP) is 1.01. The van der Waals surface area contributed by atoms with Crippen LogP contribution in [0.1, 0.15) is 0 Å². The molecule has 0 aliphatic rings. The molecule has 0 fully saturated rings. The smallest absolute Gasteiger partial charge is 0.000496 e. The molecule has 1 aromatic rings. The second-order valence-electron chi connectivity index (χ2n) is 0.885. The average molecular weight is 163 g/mol. The summed E-state index contributed by atoms with van der Waals surface area (Å²) in [5.41, 5.74) is 0. The van der Waals surface area contributed by atoms with Gasteiger partial charge in [0.2, 0.25) is 0 Å². The summed E-state index contributed by atoms with van der Waals surface area (Å²) >= 11 is 0. The molecule has 0 aliphatic carbocycles. The molecule has 0 amide bonds. The van der Waals surface area contributed by atoms with Gasteiger partial charge in [0.05, 0.1) is 0 Å². The summed E-state index contributed by atoms with van der Waals surface area (Å²) in [6.45, 7) is 0. The average Bonchev–Trinajstić information content (AvgIpc) is 1.76. The van der Waals surface area contributed by atoms with Crippen LogP contribution in [0.15, 0.2) is 24.5 Å². The number of rotatable bonds is 0. The summed E-state index contributed by atoms with van der Waals surface area (Å²) in [6.07, 6.45) is 3.75. The molecule has 6 heavy (non-hydrogen) atoms. The van der Waals surface area contributed by atoms with Gasteiger partial charge in [-0.1, -0.05) is 0 Å². The van der Waals surface area contributed by atoms with Crippen molar-refractivity contribution in [1.29, 1.82) is 0 Å². The maximum atomic E-state index is 2.86. The molecular formula is C4H5MoN. The fraction of sp³-hybridized carbons (Fsp3) is 0. The van der Waals surface area contributed by atoms with Crippen molar-refractivity contribution in [3.8, 4) is 0 Å². The third kappa shape index (κ3) is 1.42. The molecule has 0 radical (unpaired) electrons. The van der Waals surface area contributed by atoms with Crippen molar-refractivity contribution >= 4 is 0 Å². The van der Waals surface area contributed by atoms with Crippen LogP contribution in [0.4, 0.5) is 0 Å². The van der Waals surface area contributed by atoms with Gasteiger partial charge in [-0.15, -0.1) is 0 Å². The van der Waals surface area contributed by atoms with Crippen molar-refractivity contribution in [2.75, 3.05) is 0 Å². The Morgan fingerprint density at radius 2 is 1.50 bits per heavy atom. The number of nitrogens with one attached hydrogen (secondary N) is 1. The zero-order valence-corrected chi connectivity index (χ0v) is 5.22. The van der Waals surface area contributed by atoms with Gasteiger partial charge in [-0.2, -0.15) is 0 Å². The zero-order chi connectivity index (χ0) is 3.54. The van der Waals surface area contributed by atoms with E-state index in [1.165, 1.54) is 0 Å². The van der Waals surface area contributed by atoms with Crippen molar-refractivity contribution < 1.29 is 21.1 Å². The first-order valence-electron chi connectivity index (χ1n) is 1.58. The van der Waals surface area contributed by atoms with E-state index in [4.69, 9.17) is 0 Å². The third-order valence-electron chi connectivity index (χ3n) is 0.496. The van der Waals surface area contributed by atoms with E-state index < -0.39 is 0 Å². The van der Waals surface area contributed by atoms with Gasteiger partial charge in [0.25, 0.3) is 0 Å². The van der Waals surface area contributed by atoms with Crippen LogP contribution in [0.5, 0.6) is 0 Å². The fourth-order valence-electron chi connectivity index (χ4n) is 0.278. The van der Waals surface area contributed by atoms with E-state index in [2.05, 4.69) is 4.98 Å². The van der Waals surface area contributed by atoms with E-state index in [1.54, 1.807) is 0 Å². The molecule has 1 N–H and O–H groups in total. The van der Waals surface area contributed by atoms with Crippen LogP contribution in [-0.4, -0.2) is 4.98 Å². The molecule has 2 heteroatoms. The number of hydrogen-bond acceptors (Lipinski definition) is 0. The summed E-state index contributed by atoms with van der Waals surface area (Å²) in [4.78, 5) is 2.86. The fourth-order valence-corrected chi connectivity index (χ4v) is 0.278. The minimum absolute atomic E-state index is 0. The number of hydrogen-bond donors (Lipinski definition) is 1. The van der Waals surface area contributed by atoms with Crippen molar-refractivity contribution in [3.05, 3.63) is 24.5 Å².